The third-order valence-corrected chi connectivity index (χ3v) is 6.38. The Hall–Kier alpha value is -2.67. The van der Waals surface area contributed by atoms with Crippen LogP contribution in [0.4, 0.5) is 0 Å². The average molecular weight is 433 g/mol. The van der Waals surface area contributed by atoms with Gasteiger partial charge < -0.3 is 9.30 Å². The van der Waals surface area contributed by atoms with E-state index in [4.69, 9.17) is 4.74 Å². The molecule has 2 aromatic rings. The molecule has 1 heterocycles. The molecule has 0 fully saturated rings. The fourth-order valence-corrected chi connectivity index (χ4v) is 3.90. The van der Waals surface area contributed by atoms with Crippen molar-refractivity contribution in [3.8, 4) is 17.2 Å². The molecule has 9 heteroatoms. The van der Waals surface area contributed by atoms with Crippen LogP contribution in [0.25, 0.3) is 11.1 Å². The van der Waals surface area contributed by atoms with Gasteiger partial charge in [-0.25, -0.2) is 9.52 Å². The van der Waals surface area contributed by atoms with Gasteiger partial charge in [0.25, 0.3) is 10.2 Å². The second kappa shape index (κ2) is 9.89. The van der Waals surface area contributed by atoms with Crippen LogP contribution in [0.2, 0.25) is 0 Å². The number of nitrogens with zero attached hydrogens (tertiary/aromatic N) is 3. The van der Waals surface area contributed by atoms with Gasteiger partial charge in [-0.1, -0.05) is 31.2 Å². The van der Waals surface area contributed by atoms with Gasteiger partial charge >= 0.3 is 5.97 Å². The smallest absolute Gasteiger partial charge is 0.355 e. The number of carbonyl (C=O) groups is 1. The second-order valence-corrected chi connectivity index (χ2v) is 8.89. The highest BCUT2D eigenvalue weighted by Crippen LogP contribution is 2.33. The summed E-state index contributed by atoms with van der Waals surface area (Å²) in [4.78, 5) is 12.6. The molecule has 0 aliphatic rings. The van der Waals surface area contributed by atoms with Crippen LogP contribution in [0, 0.1) is 11.3 Å². The first-order valence-corrected chi connectivity index (χ1v) is 11.2. The van der Waals surface area contributed by atoms with Crippen molar-refractivity contribution in [2.45, 2.75) is 26.7 Å². The Morgan fingerprint density at radius 1 is 1.23 bits per heavy atom. The monoisotopic (exact) mass is 432 g/mol. The van der Waals surface area contributed by atoms with Crippen molar-refractivity contribution in [1.82, 2.24) is 13.6 Å². The van der Waals surface area contributed by atoms with Gasteiger partial charge in [-0.05, 0) is 30.9 Å². The number of aromatic nitrogens is 1. The summed E-state index contributed by atoms with van der Waals surface area (Å²) in [6, 6.07) is 9.66. The molecule has 0 saturated carbocycles. The zero-order valence-corrected chi connectivity index (χ0v) is 18.8. The Bertz CT molecular complexity index is 1050. The van der Waals surface area contributed by atoms with Gasteiger partial charge in [-0.3, -0.25) is 0 Å². The number of carbonyl (C=O) groups excluding carboxylic acids is 1. The van der Waals surface area contributed by atoms with Crippen molar-refractivity contribution in [2.24, 2.45) is 7.05 Å². The molecule has 162 valence electrons. The van der Waals surface area contributed by atoms with Crippen LogP contribution in [0.5, 0.6) is 0 Å². The SMILES string of the molecule is CCOC(=O)c1c(-c2ccc(CCNS(=O)(=O)N(C)C)cc2)c(C#N)c(CC)n1C. The van der Waals surface area contributed by atoms with E-state index in [1.807, 2.05) is 31.2 Å². The molecule has 0 spiro atoms. The first-order chi connectivity index (χ1) is 14.2. The Morgan fingerprint density at radius 2 is 1.87 bits per heavy atom. The van der Waals surface area contributed by atoms with Crippen molar-refractivity contribution < 1.29 is 17.9 Å². The van der Waals surface area contributed by atoms with Crippen molar-refractivity contribution >= 4 is 16.2 Å². The standard InChI is InChI=1S/C21H28N4O4S/c1-6-18-17(14-22)19(20(25(18)5)21(26)29-7-2)16-10-8-15(9-11-16)12-13-23-30(27,28)24(3)4/h8-11,23H,6-7,12-13H2,1-5H3. The number of rotatable bonds is 9. The van der Waals surface area contributed by atoms with Gasteiger partial charge in [0, 0.05) is 38.9 Å². The minimum absolute atomic E-state index is 0.245. The van der Waals surface area contributed by atoms with Crippen molar-refractivity contribution in [1.29, 1.82) is 5.26 Å². The molecule has 1 aromatic heterocycles. The third-order valence-electron chi connectivity index (χ3n) is 4.85. The maximum Gasteiger partial charge on any atom is 0.355 e. The molecule has 30 heavy (non-hydrogen) atoms. The van der Waals surface area contributed by atoms with E-state index in [0.717, 1.165) is 21.1 Å². The minimum Gasteiger partial charge on any atom is -0.461 e. The summed E-state index contributed by atoms with van der Waals surface area (Å²) in [5, 5.41) is 9.75. The summed E-state index contributed by atoms with van der Waals surface area (Å²) in [6.07, 6.45) is 1.12. The number of hydrogen-bond donors (Lipinski definition) is 1. The number of nitrogens with one attached hydrogen (secondary N) is 1. The zero-order valence-electron chi connectivity index (χ0n) is 18.0. The summed E-state index contributed by atoms with van der Waals surface area (Å²) >= 11 is 0. The normalized spacial score (nSPS) is 11.5. The number of nitriles is 1. The number of ether oxygens (including phenoxy) is 1. The van der Waals surface area contributed by atoms with Crippen LogP contribution in [0.1, 0.15) is 41.2 Å². The summed E-state index contributed by atoms with van der Waals surface area (Å²) in [6.45, 7) is 4.19. The van der Waals surface area contributed by atoms with Crippen molar-refractivity contribution in [3.05, 3.63) is 46.8 Å². The molecule has 1 aromatic carbocycles. The topological polar surface area (TPSA) is 104 Å². The highest BCUT2D eigenvalue weighted by Gasteiger charge is 2.26. The van der Waals surface area contributed by atoms with Crippen LogP contribution in [-0.4, -0.2) is 50.5 Å². The zero-order chi connectivity index (χ0) is 22.5. The largest absolute Gasteiger partial charge is 0.461 e. The van der Waals surface area contributed by atoms with Crippen LogP contribution < -0.4 is 4.72 Å². The van der Waals surface area contributed by atoms with Gasteiger partial charge in [-0.15, -0.1) is 0 Å². The summed E-state index contributed by atoms with van der Waals surface area (Å²) in [5.74, 6) is -0.464. The molecule has 1 N–H and O–H groups in total. The Kier molecular flexibility index (Phi) is 7.78. The highest BCUT2D eigenvalue weighted by molar-refractivity contribution is 7.87. The first-order valence-electron chi connectivity index (χ1n) is 9.73. The average Bonchev–Trinajstić information content (AvgIpc) is 2.99. The third kappa shape index (κ3) is 4.90. The summed E-state index contributed by atoms with van der Waals surface area (Å²) in [7, 11) is 1.24. The van der Waals surface area contributed by atoms with Gasteiger partial charge in [0.2, 0.25) is 0 Å². The quantitative estimate of drug-likeness (QED) is 0.612. The lowest BCUT2D eigenvalue weighted by Crippen LogP contribution is -2.36. The molecule has 2 rings (SSSR count). The van der Waals surface area contributed by atoms with E-state index in [1.54, 1.807) is 18.5 Å². The van der Waals surface area contributed by atoms with E-state index in [1.165, 1.54) is 14.1 Å². The molecule has 0 atom stereocenters. The lowest BCUT2D eigenvalue weighted by molar-refractivity contribution is 0.0516. The number of benzene rings is 1. The summed E-state index contributed by atoms with van der Waals surface area (Å²) in [5.41, 5.74) is 3.84. The Balaban J connectivity index is 2.36. The van der Waals surface area contributed by atoms with Gasteiger partial charge in [0.15, 0.2) is 0 Å². The number of hydrogen-bond acceptors (Lipinski definition) is 5. The highest BCUT2D eigenvalue weighted by atomic mass is 32.2. The lowest BCUT2D eigenvalue weighted by atomic mass is 9.98. The Labute approximate surface area is 178 Å². The van der Waals surface area contributed by atoms with E-state index < -0.39 is 16.2 Å². The Morgan fingerprint density at radius 3 is 2.37 bits per heavy atom. The lowest BCUT2D eigenvalue weighted by Gasteiger charge is -2.12. The predicted molar refractivity (Wildman–Crippen MR) is 115 cm³/mol. The van der Waals surface area contributed by atoms with Gasteiger partial charge in [0.05, 0.1) is 12.2 Å². The van der Waals surface area contributed by atoms with Crippen LogP contribution in [0.3, 0.4) is 0 Å². The molecule has 0 amide bonds. The molecule has 0 aliphatic carbocycles. The van der Waals surface area contributed by atoms with Crippen LogP contribution >= 0.6 is 0 Å². The van der Waals surface area contributed by atoms with Gasteiger partial charge in [0.1, 0.15) is 11.8 Å². The van der Waals surface area contributed by atoms with E-state index in [9.17, 15) is 18.5 Å². The van der Waals surface area contributed by atoms with E-state index in [2.05, 4.69) is 10.8 Å². The molecule has 0 saturated heterocycles. The predicted octanol–water partition coefficient (Wildman–Crippen LogP) is 2.24. The molecular formula is C21H28N4O4S. The van der Waals surface area contributed by atoms with E-state index in [-0.39, 0.29) is 13.2 Å². The first kappa shape index (κ1) is 23.6. The molecule has 0 bridgehead atoms. The molecule has 0 aliphatic heterocycles. The number of esters is 1. The maximum atomic E-state index is 12.6. The second-order valence-electron chi connectivity index (χ2n) is 6.92. The van der Waals surface area contributed by atoms with Crippen LogP contribution in [0.15, 0.2) is 24.3 Å². The van der Waals surface area contributed by atoms with Crippen molar-refractivity contribution in [2.75, 3.05) is 27.2 Å². The fourth-order valence-electron chi connectivity index (χ4n) is 3.28. The van der Waals surface area contributed by atoms with Crippen molar-refractivity contribution in [3.63, 3.8) is 0 Å². The fraction of sp³-hybridized carbons (Fsp3) is 0.429. The molecule has 8 nitrogen and oxygen atoms in total. The maximum absolute atomic E-state index is 12.6. The minimum atomic E-state index is -3.46. The van der Waals surface area contributed by atoms with E-state index >= 15 is 0 Å². The van der Waals surface area contributed by atoms with Crippen LogP contribution in [-0.2, 0) is 34.8 Å². The van der Waals surface area contributed by atoms with Gasteiger partial charge in [-0.2, -0.15) is 18.0 Å². The van der Waals surface area contributed by atoms with E-state index in [0.29, 0.717) is 29.7 Å². The summed E-state index contributed by atoms with van der Waals surface area (Å²) < 4.78 is 34.2. The molecule has 0 unspecified atom stereocenters. The molecular weight excluding hydrogens is 404 g/mol. The molecule has 0 radical (unpaired) electrons.